The van der Waals surface area contributed by atoms with Crippen LogP contribution >= 0.6 is 11.6 Å². The molecule has 1 saturated heterocycles. The number of piperazine rings is 1. The Balaban J connectivity index is 1.28. The number of amides is 1. The van der Waals surface area contributed by atoms with Crippen LogP contribution in [0.4, 0.5) is 0 Å². The molecular weight excluding hydrogens is 342 g/mol. The van der Waals surface area contributed by atoms with Gasteiger partial charge in [-0.1, -0.05) is 11.6 Å². The maximum absolute atomic E-state index is 11.9. The predicted octanol–water partition coefficient (Wildman–Crippen LogP) is 1.51. The highest BCUT2D eigenvalue weighted by atomic mass is 35.5. The predicted molar refractivity (Wildman–Crippen MR) is 95.3 cm³/mol. The van der Waals surface area contributed by atoms with Crippen molar-refractivity contribution in [1.82, 2.24) is 15.1 Å². The molecule has 0 aromatic heterocycles. The lowest BCUT2D eigenvalue weighted by Gasteiger charge is -2.34. The molecule has 1 aromatic carbocycles. The molecule has 7 heteroatoms. The zero-order valence-corrected chi connectivity index (χ0v) is 15.1. The Morgan fingerprint density at radius 3 is 2.60 bits per heavy atom. The summed E-state index contributed by atoms with van der Waals surface area (Å²) < 4.78 is 11.2. The van der Waals surface area contributed by atoms with Crippen LogP contribution in [0.1, 0.15) is 18.4 Å². The summed E-state index contributed by atoms with van der Waals surface area (Å²) in [6, 6.07) is 4.43. The number of rotatable bonds is 5. The number of fused-ring (bicyclic) bond motifs is 1. The van der Waals surface area contributed by atoms with Crippen molar-refractivity contribution in [2.24, 2.45) is 0 Å². The zero-order valence-electron chi connectivity index (χ0n) is 14.3. The summed E-state index contributed by atoms with van der Waals surface area (Å²) >= 11 is 6.32. The highest BCUT2D eigenvalue weighted by molar-refractivity contribution is 6.32. The van der Waals surface area contributed by atoms with Gasteiger partial charge < -0.3 is 14.8 Å². The van der Waals surface area contributed by atoms with E-state index in [1.807, 2.05) is 12.1 Å². The summed E-state index contributed by atoms with van der Waals surface area (Å²) in [5.41, 5.74) is 1.13. The first-order valence-electron chi connectivity index (χ1n) is 8.99. The Morgan fingerprint density at radius 2 is 1.84 bits per heavy atom. The van der Waals surface area contributed by atoms with Crippen LogP contribution < -0.4 is 14.8 Å². The van der Waals surface area contributed by atoms with Crippen LogP contribution in [0.25, 0.3) is 0 Å². The molecule has 2 fully saturated rings. The fraction of sp³-hybridized carbons (Fsp3) is 0.611. The molecule has 0 unspecified atom stereocenters. The van der Waals surface area contributed by atoms with Gasteiger partial charge in [-0.05, 0) is 30.5 Å². The second-order valence-corrected chi connectivity index (χ2v) is 7.40. The third-order valence-corrected chi connectivity index (χ3v) is 5.12. The topological polar surface area (TPSA) is 54.0 Å². The van der Waals surface area contributed by atoms with Crippen molar-refractivity contribution in [2.75, 3.05) is 45.9 Å². The van der Waals surface area contributed by atoms with Gasteiger partial charge in [0.15, 0.2) is 11.5 Å². The van der Waals surface area contributed by atoms with Gasteiger partial charge in [0, 0.05) is 38.8 Å². The summed E-state index contributed by atoms with van der Waals surface area (Å²) in [4.78, 5) is 16.5. The minimum Gasteiger partial charge on any atom is -0.486 e. The van der Waals surface area contributed by atoms with E-state index >= 15 is 0 Å². The van der Waals surface area contributed by atoms with Crippen molar-refractivity contribution in [1.29, 1.82) is 0 Å². The maximum Gasteiger partial charge on any atom is 0.234 e. The van der Waals surface area contributed by atoms with Crippen LogP contribution in [0.5, 0.6) is 11.5 Å². The Hall–Kier alpha value is -1.50. The Labute approximate surface area is 153 Å². The SMILES string of the molecule is O=C(CN1CCN(Cc2cc(Cl)c3c(c2)OCCO3)CC1)NC1CC1. The van der Waals surface area contributed by atoms with E-state index in [1.54, 1.807) is 0 Å². The van der Waals surface area contributed by atoms with Gasteiger partial charge in [-0.3, -0.25) is 14.6 Å². The molecule has 1 aromatic rings. The fourth-order valence-electron chi connectivity index (χ4n) is 3.32. The van der Waals surface area contributed by atoms with Crippen LogP contribution in [-0.4, -0.2) is 67.7 Å². The number of nitrogens with one attached hydrogen (secondary N) is 1. The Bertz CT molecular complexity index is 643. The van der Waals surface area contributed by atoms with Gasteiger partial charge in [-0.2, -0.15) is 0 Å². The highest BCUT2D eigenvalue weighted by Crippen LogP contribution is 2.38. The van der Waals surface area contributed by atoms with E-state index in [4.69, 9.17) is 21.1 Å². The standard InChI is InChI=1S/C18H24ClN3O3/c19-15-9-13(10-16-18(15)25-8-7-24-16)11-21-3-5-22(6-4-21)12-17(23)20-14-1-2-14/h9-10,14H,1-8,11-12H2,(H,20,23). The first-order valence-corrected chi connectivity index (χ1v) is 9.37. The van der Waals surface area contributed by atoms with Gasteiger partial charge in [0.1, 0.15) is 13.2 Å². The second kappa shape index (κ2) is 7.40. The van der Waals surface area contributed by atoms with Crippen molar-refractivity contribution in [3.8, 4) is 11.5 Å². The van der Waals surface area contributed by atoms with E-state index in [9.17, 15) is 4.79 Å². The third kappa shape index (κ3) is 4.37. The number of halogens is 1. The molecule has 0 atom stereocenters. The number of carbonyl (C=O) groups excluding carboxylic acids is 1. The molecule has 25 heavy (non-hydrogen) atoms. The first kappa shape index (κ1) is 16.9. The fourth-order valence-corrected chi connectivity index (χ4v) is 3.61. The molecule has 0 bridgehead atoms. The van der Waals surface area contributed by atoms with Gasteiger partial charge in [-0.25, -0.2) is 0 Å². The first-order chi connectivity index (χ1) is 12.2. The Morgan fingerprint density at radius 1 is 1.12 bits per heavy atom. The lowest BCUT2D eigenvalue weighted by molar-refractivity contribution is -0.122. The molecular formula is C18H24ClN3O3. The number of carbonyl (C=O) groups is 1. The van der Waals surface area contributed by atoms with Crippen molar-refractivity contribution in [2.45, 2.75) is 25.4 Å². The van der Waals surface area contributed by atoms with Crippen molar-refractivity contribution < 1.29 is 14.3 Å². The molecule has 1 aliphatic carbocycles. The van der Waals surface area contributed by atoms with E-state index < -0.39 is 0 Å². The van der Waals surface area contributed by atoms with E-state index in [1.165, 1.54) is 0 Å². The summed E-state index contributed by atoms with van der Waals surface area (Å²) in [5.74, 6) is 1.56. The molecule has 2 aliphatic heterocycles. The smallest absolute Gasteiger partial charge is 0.234 e. The molecule has 0 spiro atoms. The number of benzene rings is 1. The van der Waals surface area contributed by atoms with Gasteiger partial charge in [0.2, 0.25) is 5.91 Å². The number of hydrogen-bond donors (Lipinski definition) is 1. The van der Waals surface area contributed by atoms with Gasteiger partial charge in [-0.15, -0.1) is 0 Å². The number of ether oxygens (including phenoxy) is 2. The van der Waals surface area contributed by atoms with Crippen LogP contribution in [0.2, 0.25) is 5.02 Å². The average Bonchev–Trinajstić information content (AvgIpc) is 3.40. The Kier molecular flexibility index (Phi) is 5.01. The van der Waals surface area contributed by atoms with E-state index in [0.717, 1.165) is 56.9 Å². The summed E-state index contributed by atoms with van der Waals surface area (Å²) in [7, 11) is 0. The quantitative estimate of drug-likeness (QED) is 0.857. The molecule has 3 aliphatic rings. The van der Waals surface area contributed by atoms with Crippen LogP contribution in [-0.2, 0) is 11.3 Å². The zero-order chi connectivity index (χ0) is 17.2. The van der Waals surface area contributed by atoms with Gasteiger partial charge in [0.25, 0.3) is 0 Å². The molecule has 0 radical (unpaired) electrons. The van der Waals surface area contributed by atoms with E-state index in [0.29, 0.717) is 36.6 Å². The molecule has 1 N–H and O–H groups in total. The van der Waals surface area contributed by atoms with Crippen molar-refractivity contribution in [3.63, 3.8) is 0 Å². The molecule has 6 nitrogen and oxygen atoms in total. The summed E-state index contributed by atoms with van der Waals surface area (Å²) in [6.07, 6.45) is 2.27. The molecule has 2 heterocycles. The monoisotopic (exact) mass is 365 g/mol. The van der Waals surface area contributed by atoms with Crippen molar-refractivity contribution in [3.05, 3.63) is 22.7 Å². The van der Waals surface area contributed by atoms with E-state index in [-0.39, 0.29) is 5.91 Å². The van der Waals surface area contributed by atoms with Gasteiger partial charge in [0.05, 0.1) is 11.6 Å². The van der Waals surface area contributed by atoms with Crippen LogP contribution in [0.3, 0.4) is 0 Å². The number of nitrogens with zero attached hydrogens (tertiary/aromatic N) is 2. The lowest BCUT2D eigenvalue weighted by atomic mass is 10.1. The minimum absolute atomic E-state index is 0.162. The number of hydrogen-bond acceptors (Lipinski definition) is 5. The lowest BCUT2D eigenvalue weighted by Crippen LogP contribution is -2.49. The second-order valence-electron chi connectivity index (χ2n) is 7.00. The van der Waals surface area contributed by atoms with Crippen molar-refractivity contribution >= 4 is 17.5 Å². The van der Waals surface area contributed by atoms with Crippen LogP contribution in [0, 0.1) is 0 Å². The molecule has 4 rings (SSSR count). The molecule has 1 saturated carbocycles. The maximum atomic E-state index is 11.9. The minimum atomic E-state index is 0.162. The largest absolute Gasteiger partial charge is 0.486 e. The molecule has 1 amide bonds. The highest BCUT2D eigenvalue weighted by Gasteiger charge is 2.25. The third-order valence-electron chi connectivity index (χ3n) is 4.84. The summed E-state index contributed by atoms with van der Waals surface area (Å²) in [6.45, 7) is 6.17. The molecule has 136 valence electrons. The van der Waals surface area contributed by atoms with Gasteiger partial charge >= 0.3 is 0 Å². The average molecular weight is 366 g/mol. The van der Waals surface area contributed by atoms with Crippen LogP contribution in [0.15, 0.2) is 12.1 Å². The van der Waals surface area contributed by atoms with E-state index in [2.05, 4.69) is 15.1 Å². The summed E-state index contributed by atoms with van der Waals surface area (Å²) in [5, 5.41) is 3.67. The normalized spacial score (nSPS) is 21.2.